The van der Waals surface area contributed by atoms with E-state index in [0.29, 0.717) is 28.9 Å². The number of amides is 2. The zero-order valence-corrected chi connectivity index (χ0v) is 13.4. The third kappa shape index (κ3) is 3.32. The SMILES string of the molecule is COC(=O)c1ccc(Cl)c(NC(=O)[C@H]2CC(=O)N(C3CC3)C2)c1. The predicted molar refractivity (Wildman–Crippen MR) is 84.3 cm³/mol. The van der Waals surface area contributed by atoms with Crippen LogP contribution in [0.5, 0.6) is 0 Å². The van der Waals surface area contributed by atoms with Crippen LogP contribution in [0.2, 0.25) is 5.02 Å². The summed E-state index contributed by atoms with van der Waals surface area (Å²) >= 11 is 6.07. The number of methoxy groups -OCH3 is 1. The Morgan fingerprint density at radius 1 is 1.35 bits per heavy atom. The molecule has 122 valence electrons. The zero-order chi connectivity index (χ0) is 16.6. The lowest BCUT2D eigenvalue weighted by Gasteiger charge is -2.15. The Morgan fingerprint density at radius 3 is 2.74 bits per heavy atom. The van der Waals surface area contributed by atoms with Crippen LogP contribution in [0.4, 0.5) is 5.69 Å². The second kappa shape index (κ2) is 6.20. The maximum Gasteiger partial charge on any atom is 0.337 e. The summed E-state index contributed by atoms with van der Waals surface area (Å²) < 4.78 is 4.65. The number of hydrogen-bond donors (Lipinski definition) is 1. The van der Waals surface area contributed by atoms with Gasteiger partial charge in [-0.25, -0.2) is 4.79 Å². The van der Waals surface area contributed by atoms with E-state index in [0.717, 1.165) is 12.8 Å². The van der Waals surface area contributed by atoms with Gasteiger partial charge in [0.25, 0.3) is 0 Å². The van der Waals surface area contributed by atoms with E-state index in [4.69, 9.17) is 11.6 Å². The van der Waals surface area contributed by atoms with Crippen molar-refractivity contribution in [1.82, 2.24) is 4.90 Å². The van der Waals surface area contributed by atoms with E-state index in [1.54, 1.807) is 4.90 Å². The minimum atomic E-state index is -0.506. The van der Waals surface area contributed by atoms with E-state index in [2.05, 4.69) is 10.1 Å². The highest BCUT2D eigenvalue weighted by Crippen LogP contribution is 2.33. The van der Waals surface area contributed by atoms with Gasteiger partial charge in [0.2, 0.25) is 11.8 Å². The van der Waals surface area contributed by atoms with Gasteiger partial charge >= 0.3 is 5.97 Å². The van der Waals surface area contributed by atoms with Crippen LogP contribution in [0.3, 0.4) is 0 Å². The van der Waals surface area contributed by atoms with Gasteiger partial charge < -0.3 is 15.0 Å². The third-order valence-electron chi connectivity index (χ3n) is 4.16. The highest BCUT2D eigenvalue weighted by Gasteiger charge is 2.41. The first-order valence-electron chi connectivity index (χ1n) is 7.48. The summed E-state index contributed by atoms with van der Waals surface area (Å²) in [6.07, 6.45) is 2.26. The summed E-state index contributed by atoms with van der Waals surface area (Å²) in [6, 6.07) is 4.84. The number of hydrogen-bond acceptors (Lipinski definition) is 4. The standard InChI is InChI=1S/C16H17ClN2O4/c1-23-16(22)9-2-5-12(17)13(6-9)18-15(21)10-7-14(20)19(8-10)11-3-4-11/h2,5-6,10-11H,3-4,7-8H2,1H3,(H,18,21)/t10-/m0/s1. The van der Waals surface area contributed by atoms with E-state index < -0.39 is 5.97 Å². The number of ether oxygens (including phenoxy) is 1. The molecule has 7 heteroatoms. The van der Waals surface area contributed by atoms with E-state index in [1.807, 2.05) is 0 Å². The molecule has 1 atom stereocenters. The molecule has 1 saturated carbocycles. The van der Waals surface area contributed by atoms with Crippen LogP contribution in [0.25, 0.3) is 0 Å². The van der Waals surface area contributed by atoms with E-state index >= 15 is 0 Å². The molecule has 1 heterocycles. The molecule has 3 rings (SSSR count). The first-order chi connectivity index (χ1) is 11.0. The number of carbonyl (C=O) groups excluding carboxylic acids is 3. The van der Waals surface area contributed by atoms with Crippen molar-refractivity contribution < 1.29 is 19.1 Å². The molecule has 1 aromatic rings. The average Bonchev–Trinajstić information content (AvgIpc) is 3.30. The van der Waals surface area contributed by atoms with Gasteiger partial charge in [0.1, 0.15) is 0 Å². The first kappa shape index (κ1) is 15.8. The summed E-state index contributed by atoms with van der Waals surface area (Å²) in [5.41, 5.74) is 0.645. The molecule has 1 N–H and O–H groups in total. The number of carbonyl (C=O) groups is 3. The zero-order valence-electron chi connectivity index (χ0n) is 12.7. The predicted octanol–water partition coefficient (Wildman–Crippen LogP) is 2.08. The molecule has 1 aliphatic carbocycles. The van der Waals surface area contributed by atoms with Gasteiger partial charge in [-0.1, -0.05) is 11.6 Å². The van der Waals surface area contributed by atoms with Crippen molar-refractivity contribution in [3.63, 3.8) is 0 Å². The summed E-state index contributed by atoms with van der Waals surface area (Å²) in [6.45, 7) is 0.448. The van der Waals surface area contributed by atoms with Crippen LogP contribution in [-0.4, -0.2) is 42.4 Å². The molecule has 2 aliphatic rings. The van der Waals surface area contributed by atoms with Gasteiger partial charge in [-0.2, -0.15) is 0 Å². The van der Waals surface area contributed by atoms with Gasteiger partial charge in [0, 0.05) is 19.0 Å². The lowest BCUT2D eigenvalue weighted by molar-refractivity contribution is -0.128. The van der Waals surface area contributed by atoms with Crippen molar-refractivity contribution in [2.75, 3.05) is 19.0 Å². The van der Waals surface area contributed by atoms with Crippen LogP contribution < -0.4 is 5.32 Å². The minimum absolute atomic E-state index is 0.0297. The largest absolute Gasteiger partial charge is 0.465 e. The Hall–Kier alpha value is -2.08. The van der Waals surface area contributed by atoms with Crippen LogP contribution in [0, 0.1) is 5.92 Å². The number of halogens is 1. The Kier molecular flexibility index (Phi) is 4.26. The fraction of sp³-hybridized carbons (Fsp3) is 0.438. The van der Waals surface area contributed by atoms with Crippen molar-refractivity contribution >= 4 is 35.1 Å². The number of anilines is 1. The van der Waals surface area contributed by atoms with Gasteiger partial charge in [0.05, 0.1) is 29.3 Å². The summed E-state index contributed by atoms with van der Waals surface area (Å²) in [5.74, 6) is -1.12. The number of esters is 1. The molecule has 6 nitrogen and oxygen atoms in total. The Balaban J connectivity index is 1.70. The van der Waals surface area contributed by atoms with Crippen molar-refractivity contribution in [3.05, 3.63) is 28.8 Å². The summed E-state index contributed by atoms with van der Waals surface area (Å²) in [4.78, 5) is 37.7. The average molecular weight is 337 g/mol. The van der Waals surface area contributed by atoms with Gasteiger partial charge in [-0.05, 0) is 31.0 Å². The summed E-state index contributed by atoms with van der Waals surface area (Å²) in [7, 11) is 1.28. The number of nitrogens with zero attached hydrogens (tertiary/aromatic N) is 1. The normalized spacial score (nSPS) is 20.5. The lowest BCUT2D eigenvalue weighted by atomic mass is 10.1. The second-order valence-electron chi connectivity index (χ2n) is 5.85. The van der Waals surface area contributed by atoms with E-state index in [9.17, 15) is 14.4 Å². The maximum atomic E-state index is 12.4. The van der Waals surface area contributed by atoms with E-state index in [1.165, 1.54) is 25.3 Å². The molecular formula is C16H17ClN2O4. The molecule has 0 radical (unpaired) electrons. The van der Waals surface area contributed by atoms with Crippen LogP contribution in [-0.2, 0) is 14.3 Å². The van der Waals surface area contributed by atoms with Crippen molar-refractivity contribution in [2.45, 2.75) is 25.3 Å². The molecule has 0 aromatic heterocycles. The smallest absolute Gasteiger partial charge is 0.337 e. The molecule has 0 unspecified atom stereocenters. The van der Waals surface area contributed by atoms with Crippen molar-refractivity contribution in [2.24, 2.45) is 5.92 Å². The topological polar surface area (TPSA) is 75.7 Å². The number of benzene rings is 1. The minimum Gasteiger partial charge on any atom is -0.465 e. The quantitative estimate of drug-likeness (QED) is 0.854. The second-order valence-corrected chi connectivity index (χ2v) is 6.26. The monoisotopic (exact) mass is 336 g/mol. The van der Waals surface area contributed by atoms with E-state index in [-0.39, 0.29) is 24.2 Å². The molecule has 2 amide bonds. The number of likely N-dealkylation sites (tertiary alicyclic amines) is 1. The summed E-state index contributed by atoms with van der Waals surface area (Å²) in [5, 5.41) is 3.04. The van der Waals surface area contributed by atoms with Crippen molar-refractivity contribution in [3.8, 4) is 0 Å². The molecular weight excluding hydrogens is 320 g/mol. The van der Waals surface area contributed by atoms with Gasteiger partial charge in [-0.15, -0.1) is 0 Å². The highest BCUT2D eigenvalue weighted by molar-refractivity contribution is 6.33. The Labute approximate surface area is 138 Å². The van der Waals surface area contributed by atoms with Crippen LogP contribution in [0.1, 0.15) is 29.6 Å². The molecule has 23 heavy (non-hydrogen) atoms. The molecule has 1 saturated heterocycles. The van der Waals surface area contributed by atoms with Crippen molar-refractivity contribution in [1.29, 1.82) is 0 Å². The molecule has 1 aliphatic heterocycles. The van der Waals surface area contributed by atoms with Gasteiger partial charge in [0.15, 0.2) is 0 Å². The highest BCUT2D eigenvalue weighted by atomic mass is 35.5. The molecule has 0 spiro atoms. The Morgan fingerprint density at radius 2 is 2.09 bits per heavy atom. The molecule has 1 aromatic carbocycles. The number of nitrogens with one attached hydrogen (secondary N) is 1. The first-order valence-corrected chi connectivity index (χ1v) is 7.85. The lowest BCUT2D eigenvalue weighted by Crippen LogP contribution is -2.30. The number of rotatable bonds is 4. The Bertz CT molecular complexity index is 672. The fourth-order valence-corrected chi connectivity index (χ4v) is 2.91. The fourth-order valence-electron chi connectivity index (χ4n) is 2.75. The maximum absolute atomic E-state index is 12.4. The third-order valence-corrected chi connectivity index (χ3v) is 4.49. The molecule has 2 fully saturated rings. The van der Waals surface area contributed by atoms with Gasteiger partial charge in [-0.3, -0.25) is 9.59 Å². The van der Waals surface area contributed by atoms with Crippen LogP contribution in [0.15, 0.2) is 18.2 Å². The molecule has 0 bridgehead atoms. The van der Waals surface area contributed by atoms with Crippen LogP contribution >= 0.6 is 11.6 Å².